The molecule has 0 aliphatic carbocycles. The van der Waals surface area contributed by atoms with E-state index in [9.17, 15) is 9.59 Å². The van der Waals surface area contributed by atoms with Gasteiger partial charge in [0.05, 0.1) is 33.5 Å². The van der Waals surface area contributed by atoms with E-state index in [0.717, 1.165) is 81.4 Å². The fourth-order valence-corrected chi connectivity index (χ4v) is 3.35. The van der Waals surface area contributed by atoms with E-state index in [1.54, 1.807) is 18.5 Å². The number of aliphatic carboxylic acids is 1. The van der Waals surface area contributed by atoms with Crippen molar-refractivity contribution in [3.05, 3.63) is 59.9 Å². The lowest BCUT2D eigenvalue weighted by Gasteiger charge is -2.27. The number of hydrogen-bond acceptors (Lipinski definition) is 9. The summed E-state index contributed by atoms with van der Waals surface area (Å²) in [6, 6.07) is 7.63. The van der Waals surface area contributed by atoms with Gasteiger partial charge in [-0.25, -0.2) is 19.6 Å². The van der Waals surface area contributed by atoms with Crippen LogP contribution in [0.5, 0.6) is 0 Å². The number of aromatic nitrogens is 2. The Morgan fingerprint density at radius 1 is 0.829 bits per heavy atom. The number of anilines is 2. The minimum Gasteiger partial charge on any atom is -0.478 e. The van der Waals surface area contributed by atoms with E-state index in [4.69, 9.17) is 14.6 Å². The Morgan fingerprint density at radius 3 is 1.66 bits per heavy atom. The fraction of sp³-hybridized carbons (Fsp3) is 0.360. The molecule has 2 aromatic heterocycles. The highest BCUT2D eigenvalue weighted by molar-refractivity contribution is 5.87. The van der Waals surface area contributed by atoms with E-state index >= 15 is 0 Å². The second-order valence-electron chi connectivity index (χ2n) is 7.63. The van der Waals surface area contributed by atoms with Gasteiger partial charge in [0, 0.05) is 50.7 Å². The third kappa shape index (κ3) is 8.84. The van der Waals surface area contributed by atoms with Crippen LogP contribution in [0.15, 0.2) is 48.8 Å². The van der Waals surface area contributed by atoms with Gasteiger partial charge in [-0.1, -0.05) is 0 Å². The van der Waals surface area contributed by atoms with Crippen molar-refractivity contribution in [1.29, 1.82) is 0 Å². The van der Waals surface area contributed by atoms with E-state index < -0.39 is 5.97 Å². The van der Waals surface area contributed by atoms with Gasteiger partial charge in [0.15, 0.2) is 0 Å². The quantitative estimate of drug-likeness (QED) is 0.485. The van der Waals surface area contributed by atoms with Crippen molar-refractivity contribution >= 4 is 35.7 Å². The number of carbonyl (C=O) groups is 2. The number of esters is 1. The molecule has 0 spiro atoms. The number of hydrogen-bond donors (Lipinski definition) is 1. The van der Waals surface area contributed by atoms with Crippen LogP contribution in [0.4, 0.5) is 11.6 Å². The maximum Gasteiger partial charge on any atom is 0.330 e. The Kier molecular flexibility index (Phi) is 10.2. The van der Waals surface area contributed by atoms with E-state index in [2.05, 4.69) is 24.5 Å². The normalized spacial score (nSPS) is 16.1. The lowest BCUT2D eigenvalue weighted by Crippen LogP contribution is -2.36. The molecular formula is C25H30N4O6. The van der Waals surface area contributed by atoms with Crippen molar-refractivity contribution < 1.29 is 28.9 Å². The number of morpholine rings is 2. The van der Waals surface area contributed by atoms with E-state index in [1.807, 2.05) is 24.3 Å². The molecule has 10 heteroatoms. The topological polar surface area (TPSA) is 114 Å². The monoisotopic (exact) mass is 482 g/mol. The van der Waals surface area contributed by atoms with Gasteiger partial charge in [-0.15, -0.1) is 0 Å². The standard InChI is InChI=1S/C13H16N2O3.C12H14N2O3/c1-17-13(16)5-3-11-2-4-12(14-10-11)15-6-8-18-9-7-15;15-12(16)4-2-10-1-3-11(13-9-10)14-5-7-17-8-6-14/h2-5,10H,6-9H2,1H3;1-4,9H,5-8H2,(H,15,16)/b5-3+;4-2+. The third-order valence-electron chi connectivity index (χ3n) is 5.24. The zero-order valence-electron chi connectivity index (χ0n) is 19.7. The van der Waals surface area contributed by atoms with Gasteiger partial charge < -0.3 is 29.1 Å². The van der Waals surface area contributed by atoms with Crippen molar-refractivity contribution in [2.75, 3.05) is 69.5 Å². The van der Waals surface area contributed by atoms with Crippen LogP contribution in [0.25, 0.3) is 12.2 Å². The number of methoxy groups -OCH3 is 1. The van der Waals surface area contributed by atoms with Crippen molar-refractivity contribution in [3.8, 4) is 0 Å². The van der Waals surface area contributed by atoms with Gasteiger partial charge in [0.2, 0.25) is 0 Å². The van der Waals surface area contributed by atoms with Crippen LogP contribution in [0.2, 0.25) is 0 Å². The molecular weight excluding hydrogens is 452 g/mol. The molecule has 186 valence electrons. The molecule has 4 heterocycles. The predicted molar refractivity (Wildman–Crippen MR) is 132 cm³/mol. The molecule has 2 aliphatic heterocycles. The molecule has 4 rings (SSSR count). The number of rotatable bonds is 6. The van der Waals surface area contributed by atoms with Crippen LogP contribution < -0.4 is 9.80 Å². The summed E-state index contributed by atoms with van der Waals surface area (Å²) >= 11 is 0. The van der Waals surface area contributed by atoms with E-state index in [1.165, 1.54) is 19.3 Å². The van der Waals surface area contributed by atoms with Gasteiger partial charge in [0.1, 0.15) is 11.6 Å². The molecule has 2 saturated heterocycles. The number of carboxylic acids is 1. The first-order valence-electron chi connectivity index (χ1n) is 11.3. The Morgan fingerprint density at radius 2 is 1.29 bits per heavy atom. The van der Waals surface area contributed by atoms with Gasteiger partial charge in [-0.05, 0) is 47.5 Å². The lowest BCUT2D eigenvalue weighted by molar-refractivity contribution is -0.135. The van der Waals surface area contributed by atoms with Crippen LogP contribution in [-0.2, 0) is 23.8 Å². The molecule has 0 saturated carbocycles. The number of pyridine rings is 2. The highest BCUT2D eigenvalue weighted by Gasteiger charge is 2.12. The largest absolute Gasteiger partial charge is 0.478 e. The zero-order chi connectivity index (χ0) is 24.9. The van der Waals surface area contributed by atoms with Gasteiger partial charge in [-0.3, -0.25) is 0 Å². The molecule has 2 aliphatic rings. The molecule has 2 fully saturated rings. The maximum absolute atomic E-state index is 10.9. The molecule has 2 aromatic rings. The molecule has 1 N–H and O–H groups in total. The summed E-state index contributed by atoms with van der Waals surface area (Å²) in [5.41, 5.74) is 1.65. The summed E-state index contributed by atoms with van der Waals surface area (Å²) in [5.74, 6) is 0.517. The smallest absolute Gasteiger partial charge is 0.330 e. The average Bonchev–Trinajstić information content (AvgIpc) is 2.92. The Hall–Kier alpha value is -3.76. The molecule has 0 unspecified atom stereocenters. The summed E-state index contributed by atoms with van der Waals surface area (Å²) in [5, 5.41) is 8.50. The summed E-state index contributed by atoms with van der Waals surface area (Å²) in [4.78, 5) is 34.3. The van der Waals surface area contributed by atoms with E-state index in [-0.39, 0.29) is 5.97 Å². The molecule has 0 atom stereocenters. The highest BCUT2D eigenvalue weighted by Crippen LogP contribution is 2.14. The molecule has 0 radical (unpaired) electrons. The first kappa shape index (κ1) is 25.9. The second kappa shape index (κ2) is 13.8. The molecule has 10 nitrogen and oxygen atoms in total. The van der Waals surface area contributed by atoms with E-state index in [0.29, 0.717) is 0 Å². The number of nitrogens with zero attached hydrogens (tertiary/aromatic N) is 4. The maximum atomic E-state index is 10.9. The highest BCUT2D eigenvalue weighted by atomic mass is 16.5. The minimum absolute atomic E-state index is 0.368. The van der Waals surface area contributed by atoms with Crippen molar-refractivity contribution in [2.45, 2.75) is 0 Å². The van der Waals surface area contributed by atoms with Crippen LogP contribution in [0.1, 0.15) is 11.1 Å². The summed E-state index contributed by atoms with van der Waals surface area (Å²) in [6.45, 7) is 6.35. The summed E-state index contributed by atoms with van der Waals surface area (Å²) in [7, 11) is 1.35. The summed E-state index contributed by atoms with van der Waals surface area (Å²) < 4.78 is 15.1. The number of carboxylic acid groups (broad SMARTS) is 1. The lowest BCUT2D eigenvalue weighted by atomic mass is 10.2. The van der Waals surface area contributed by atoms with Gasteiger partial charge in [-0.2, -0.15) is 0 Å². The first-order chi connectivity index (χ1) is 17.0. The van der Waals surface area contributed by atoms with Crippen LogP contribution in [0.3, 0.4) is 0 Å². The Balaban J connectivity index is 0.000000196. The minimum atomic E-state index is -0.956. The third-order valence-corrected chi connectivity index (χ3v) is 5.24. The van der Waals surface area contributed by atoms with Crippen LogP contribution in [0, 0.1) is 0 Å². The molecule has 0 amide bonds. The average molecular weight is 483 g/mol. The van der Waals surface area contributed by atoms with Crippen molar-refractivity contribution in [3.63, 3.8) is 0 Å². The summed E-state index contributed by atoms with van der Waals surface area (Å²) in [6.07, 6.45) is 9.10. The Bertz CT molecular complexity index is 996. The zero-order valence-corrected chi connectivity index (χ0v) is 19.7. The van der Waals surface area contributed by atoms with Crippen LogP contribution >= 0.6 is 0 Å². The van der Waals surface area contributed by atoms with Crippen molar-refractivity contribution in [2.24, 2.45) is 0 Å². The van der Waals surface area contributed by atoms with Gasteiger partial charge in [0.25, 0.3) is 0 Å². The Labute approximate surface area is 204 Å². The molecule has 0 aromatic carbocycles. The first-order valence-corrected chi connectivity index (χ1v) is 11.3. The van der Waals surface area contributed by atoms with Crippen molar-refractivity contribution in [1.82, 2.24) is 9.97 Å². The molecule has 35 heavy (non-hydrogen) atoms. The number of ether oxygens (including phenoxy) is 3. The second-order valence-corrected chi connectivity index (χ2v) is 7.63. The van der Waals surface area contributed by atoms with Gasteiger partial charge >= 0.3 is 11.9 Å². The molecule has 0 bridgehead atoms. The van der Waals surface area contributed by atoms with Crippen LogP contribution in [-0.4, -0.2) is 86.7 Å². The number of carbonyl (C=O) groups excluding carboxylic acids is 1. The predicted octanol–water partition coefficient (Wildman–Crippen LogP) is 2.12. The SMILES string of the molecule is COC(=O)/C=C/c1ccc(N2CCOCC2)nc1.O=C(O)/C=C/c1ccc(N2CCOCC2)nc1. The fourth-order valence-electron chi connectivity index (χ4n) is 3.35.